The van der Waals surface area contributed by atoms with E-state index in [9.17, 15) is 22.8 Å². The molecular weight excluding hydrogens is 716 g/mol. The number of esters is 2. The Kier molecular flexibility index (Phi) is 9.46. The lowest BCUT2D eigenvalue weighted by molar-refractivity contribution is -0.190. The van der Waals surface area contributed by atoms with E-state index in [0.717, 1.165) is 34.0 Å². The number of aryl methyl sites for hydroxylation is 2. The summed E-state index contributed by atoms with van der Waals surface area (Å²) in [6, 6.07) is 21.3. The standard InChI is InChI=1S/C40H37ClN4O7S/c1-5-28-29-9-7-8-10-33(29)43-36-30(28)21-45-34(36)20-32-31(37(45)46)22-51-39(48)40(32,6-2)52-38(47)24(4)42-35(19-25-13-15-26(41)16-14-25)44-53(49,50)27-17-11-23(3)12-18-27/h7-18,20,24H,5-6,19,21-22H2,1-4H3,(H,42,44)/t24?,40-/m0/s1. The van der Waals surface area contributed by atoms with Crippen LogP contribution in [-0.2, 0) is 60.7 Å². The van der Waals surface area contributed by atoms with Crippen LogP contribution in [0.2, 0.25) is 5.02 Å². The number of aliphatic imine (C=N–C) groups is 1. The van der Waals surface area contributed by atoms with Crippen molar-refractivity contribution in [3.8, 4) is 11.4 Å². The molecule has 2 aliphatic heterocycles. The number of benzene rings is 3. The molecule has 0 saturated heterocycles. The number of halogens is 1. The van der Waals surface area contributed by atoms with Crippen LogP contribution in [0, 0.1) is 6.92 Å². The van der Waals surface area contributed by atoms with Gasteiger partial charge in [0.25, 0.3) is 15.6 Å². The fourth-order valence-electron chi connectivity index (χ4n) is 7.05. The number of rotatable bonds is 9. The predicted octanol–water partition coefficient (Wildman–Crippen LogP) is 6.16. The van der Waals surface area contributed by atoms with Crippen LogP contribution in [-0.4, -0.2) is 41.8 Å². The van der Waals surface area contributed by atoms with E-state index in [1.807, 2.05) is 31.2 Å². The van der Waals surface area contributed by atoms with E-state index in [1.54, 1.807) is 54.0 Å². The van der Waals surface area contributed by atoms with Gasteiger partial charge in [0.15, 0.2) is 0 Å². The summed E-state index contributed by atoms with van der Waals surface area (Å²) in [4.78, 5) is 51.2. The molecule has 0 amide bonds. The second kappa shape index (κ2) is 13.9. The van der Waals surface area contributed by atoms with Crippen molar-refractivity contribution in [3.63, 3.8) is 0 Å². The number of nitrogens with zero attached hydrogens (tertiary/aromatic N) is 3. The number of para-hydroxylation sites is 1. The highest BCUT2D eigenvalue weighted by Crippen LogP contribution is 2.42. The van der Waals surface area contributed by atoms with Crippen LogP contribution in [0.15, 0.2) is 93.5 Å². The van der Waals surface area contributed by atoms with E-state index in [2.05, 4.69) is 16.6 Å². The minimum Gasteiger partial charge on any atom is -0.457 e. The van der Waals surface area contributed by atoms with Gasteiger partial charge >= 0.3 is 11.9 Å². The van der Waals surface area contributed by atoms with Gasteiger partial charge in [-0.05, 0) is 74.2 Å². The molecule has 1 N–H and O–H groups in total. The molecule has 0 fully saturated rings. The summed E-state index contributed by atoms with van der Waals surface area (Å²) in [7, 11) is -4.10. The zero-order valence-electron chi connectivity index (χ0n) is 29.6. The smallest absolute Gasteiger partial charge is 0.355 e. The molecule has 0 saturated carbocycles. The highest BCUT2D eigenvalue weighted by atomic mass is 35.5. The van der Waals surface area contributed by atoms with Gasteiger partial charge in [-0.1, -0.05) is 73.5 Å². The molecule has 0 bridgehead atoms. The molecule has 1 unspecified atom stereocenters. The first-order valence-corrected chi connectivity index (χ1v) is 19.2. The quantitative estimate of drug-likeness (QED) is 0.105. The molecule has 3 aromatic carbocycles. The maximum absolute atomic E-state index is 14.1. The number of ether oxygens (including phenoxy) is 2. The Labute approximate surface area is 311 Å². The van der Waals surface area contributed by atoms with Gasteiger partial charge in [0.1, 0.15) is 18.5 Å². The number of sulfonamides is 1. The van der Waals surface area contributed by atoms with E-state index in [0.29, 0.717) is 28.5 Å². The van der Waals surface area contributed by atoms with Crippen LogP contribution in [0.25, 0.3) is 22.3 Å². The lowest BCUT2D eigenvalue weighted by atomic mass is 9.85. The summed E-state index contributed by atoms with van der Waals surface area (Å²) in [6.07, 6.45) is 0.693. The first-order valence-electron chi connectivity index (χ1n) is 17.3. The zero-order chi connectivity index (χ0) is 37.7. The zero-order valence-corrected chi connectivity index (χ0v) is 31.2. The lowest BCUT2D eigenvalue weighted by Gasteiger charge is -2.36. The van der Waals surface area contributed by atoms with E-state index >= 15 is 0 Å². The van der Waals surface area contributed by atoms with Gasteiger partial charge in [0.2, 0.25) is 5.60 Å². The number of nitrogens with one attached hydrogen (secondary N) is 1. The molecule has 5 aromatic rings. The van der Waals surface area contributed by atoms with Crippen LogP contribution < -0.4 is 10.3 Å². The molecule has 2 atom stereocenters. The van der Waals surface area contributed by atoms with Crippen molar-refractivity contribution in [1.29, 1.82) is 0 Å². The molecule has 7 rings (SSSR count). The molecule has 272 valence electrons. The Hall–Kier alpha value is -5.33. The number of amidine groups is 1. The molecule has 4 heterocycles. The first-order chi connectivity index (χ1) is 25.3. The van der Waals surface area contributed by atoms with Crippen molar-refractivity contribution >= 4 is 50.3 Å². The Morgan fingerprint density at radius 2 is 1.77 bits per heavy atom. The molecule has 0 spiro atoms. The number of pyridine rings is 2. The van der Waals surface area contributed by atoms with Crippen molar-refractivity contribution in [2.24, 2.45) is 4.99 Å². The van der Waals surface area contributed by atoms with Gasteiger partial charge in [0.05, 0.1) is 33.9 Å². The summed E-state index contributed by atoms with van der Waals surface area (Å²) < 4.78 is 42.6. The van der Waals surface area contributed by atoms with E-state index < -0.39 is 33.6 Å². The SMILES string of the molecule is CCc1c2c(nc3ccccc13)-c1cc3c(c(=O)n1C2)COC(=O)[C@@]3(CC)OC(=O)C(C)N=C(Cc1ccc(Cl)cc1)NS(=O)(=O)c1ccc(C)cc1. The van der Waals surface area contributed by atoms with Crippen LogP contribution in [0.3, 0.4) is 0 Å². The number of fused-ring (bicyclic) bond motifs is 5. The molecule has 11 nitrogen and oxygen atoms in total. The van der Waals surface area contributed by atoms with Crippen molar-refractivity contribution in [1.82, 2.24) is 14.3 Å². The van der Waals surface area contributed by atoms with Gasteiger partial charge in [0, 0.05) is 28.0 Å². The molecule has 2 aliphatic rings. The minimum atomic E-state index is -4.10. The predicted molar refractivity (Wildman–Crippen MR) is 201 cm³/mol. The van der Waals surface area contributed by atoms with Gasteiger partial charge in [-0.2, -0.15) is 0 Å². The Morgan fingerprint density at radius 3 is 2.47 bits per heavy atom. The summed E-state index contributed by atoms with van der Waals surface area (Å²) in [5, 5.41) is 1.51. The van der Waals surface area contributed by atoms with Crippen molar-refractivity contribution < 1.29 is 27.5 Å². The van der Waals surface area contributed by atoms with Crippen LogP contribution in [0.5, 0.6) is 0 Å². The maximum Gasteiger partial charge on any atom is 0.355 e. The molecule has 0 radical (unpaired) electrons. The molecule has 13 heteroatoms. The Morgan fingerprint density at radius 1 is 1.06 bits per heavy atom. The fraction of sp³-hybridized carbons (Fsp3) is 0.275. The van der Waals surface area contributed by atoms with Crippen LogP contribution in [0.1, 0.15) is 60.6 Å². The number of aromatic nitrogens is 2. The number of cyclic esters (lactones) is 1. The number of hydrogen-bond acceptors (Lipinski definition) is 9. The molecule has 2 aromatic heterocycles. The van der Waals surface area contributed by atoms with E-state index in [1.165, 1.54) is 19.1 Å². The molecular formula is C40H37ClN4O7S. The first kappa shape index (κ1) is 36.0. The van der Waals surface area contributed by atoms with Crippen LogP contribution >= 0.6 is 11.6 Å². The number of hydrogen-bond donors (Lipinski definition) is 1. The van der Waals surface area contributed by atoms with Crippen molar-refractivity contribution in [2.45, 2.75) is 76.6 Å². The van der Waals surface area contributed by atoms with Crippen molar-refractivity contribution in [3.05, 3.63) is 128 Å². The summed E-state index contributed by atoms with van der Waals surface area (Å²) in [5.41, 5.74) is 3.66. The molecule has 0 aliphatic carbocycles. The van der Waals surface area contributed by atoms with Crippen molar-refractivity contribution in [2.75, 3.05) is 0 Å². The maximum atomic E-state index is 14.1. The molecule has 53 heavy (non-hydrogen) atoms. The van der Waals surface area contributed by atoms with Crippen LogP contribution in [0.4, 0.5) is 0 Å². The average molecular weight is 753 g/mol. The monoisotopic (exact) mass is 752 g/mol. The second-order valence-corrected chi connectivity index (χ2v) is 15.4. The number of carbonyl (C=O) groups is 2. The fourth-order valence-corrected chi connectivity index (χ4v) is 8.23. The largest absolute Gasteiger partial charge is 0.457 e. The third kappa shape index (κ3) is 6.50. The third-order valence-electron chi connectivity index (χ3n) is 9.87. The van der Waals surface area contributed by atoms with Gasteiger partial charge in [-0.15, -0.1) is 0 Å². The third-order valence-corrected chi connectivity index (χ3v) is 11.5. The van der Waals surface area contributed by atoms with E-state index in [-0.39, 0.29) is 46.9 Å². The second-order valence-electron chi connectivity index (χ2n) is 13.3. The Bertz CT molecular complexity index is 2500. The van der Waals surface area contributed by atoms with E-state index in [4.69, 9.17) is 26.1 Å². The van der Waals surface area contributed by atoms with Gasteiger partial charge in [-0.25, -0.2) is 23.0 Å². The number of carbonyl (C=O) groups excluding carboxylic acids is 2. The topological polar surface area (TPSA) is 146 Å². The summed E-state index contributed by atoms with van der Waals surface area (Å²) >= 11 is 6.08. The normalized spacial score (nSPS) is 17.1. The van der Waals surface area contributed by atoms with Gasteiger partial charge in [-0.3, -0.25) is 14.5 Å². The summed E-state index contributed by atoms with van der Waals surface area (Å²) in [5.74, 6) is -1.77. The van der Waals surface area contributed by atoms with Gasteiger partial charge < -0.3 is 14.0 Å². The Balaban J connectivity index is 1.26. The average Bonchev–Trinajstić information content (AvgIpc) is 3.51. The highest BCUT2D eigenvalue weighted by molar-refractivity contribution is 7.90. The lowest BCUT2D eigenvalue weighted by Crippen LogP contribution is -2.48. The summed E-state index contributed by atoms with van der Waals surface area (Å²) in [6.45, 7) is 7.05. The highest BCUT2D eigenvalue weighted by Gasteiger charge is 2.51. The minimum absolute atomic E-state index is 0.00736.